The molecule has 3 nitrogen and oxygen atoms in total. The number of ether oxygens (including phenoxy) is 1. The highest BCUT2D eigenvalue weighted by Gasteiger charge is 2.42. The molecule has 0 heterocycles. The molecule has 0 spiro atoms. The van der Waals surface area contributed by atoms with Crippen LogP contribution in [0.2, 0.25) is 0 Å². The zero-order chi connectivity index (χ0) is 9.19. The molecule has 1 saturated carbocycles. The second kappa shape index (κ2) is 3.44. The summed E-state index contributed by atoms with van der Waals surface area (Å²) in [5.41, 5.74) is -0.841. The first-order valence-corrected chi connectivity index (χ1v) is 4.47. The molecule has 1 aliphatic rings. The summed E-state index contributed by atoms with van der Waals surface area (Å²) in [6, 6.07) is 0. The predicted molar refractivity (Wildman–Crippen MR) is 44.6 cm³/mol. The van der Waals surface area contributed by atoms with E-state index >= 15 is 0 Å². The Morgan fingerprint density at radius 3 is 2.83 bits per heavy atom. The van der Waals surface area contributed by atoms with E-state index in [-0.39, 0.29) is 11.9 Å². The van der Waals surface area contributed by atoms with Gasteiger partial charge in [-0.1, -0.05) is 0 Å². The Balaban J connectivity index is 2.56. The van der Waals surface area contributed by atoms with Gasteiger partial charge in [0.1, 0.15) is 0 Å². The Hall–Kier alpha value is -0.570. The quantitative estimate of drug-likeness (QED) is 0.634. The Morgan fingerprint density at radius 2 is 2.42 bits per heavy atom. The van der Waals surface area contributed by atoms with Crippen molar-refractivity contribution in [3.8, 4) is 0 Å². The molecule has 0 amide bonds. The van der Waals surface area contributed by atoms with Crippen molar-refractivity contribution in [3.63, 3.8) is 0 Å². The predicted octanol–water partition coefficient (Wildman–Crippen LogP) is 1.10. The Morgan fingerprint density at radius 1 is 1.75 bits per heavy atom. The van der Waals surface area contributed by atoms with Gasteiger partial charge in [0.2, 0.25) is 0 Å². The average Bonchev–Trinajstić information content (AvgIpc) is 2.30. The van der Waals surface area contributed by atoms with Crippen LogP contribution in [0.25, 0.3) is 0 Å². The van der Waals surface area contributed by atoms with Crippen molar-refractivity contribution in [2.45, 2.75) is 38.7 Å². The summed E-state index contributed by atoms with van der Waals surface area (Å²) in [5.74, 6) is -0.558. The summed E-state index contributed by atoms with van der Waals surface area (Å²) in [6.07, 6.45) is 2.37. The van der Waals surface area contributed by atoms with E-state index in [2.05, 4.69) is 0 Å². The lowest BCUT2D eigenvalue weighted by Crippen LogP contribution is -2.35. The Bertz CT molecular complexity index is 175. The number of esters is 1. The fourth-order valence-corrected chi connectivity index (χ4v) is 1.76. The van der Waals surface area contributed by atoms with E-state index in [1.54, 1.807) is 13.8 Å². The maximum Gasteiger partial charge on any atom is 0.311 e. The van der Waals surface area contributed by atoms with E-state index in [9.17, 15) is 9.90 Å². The lowest BCUT2D eigenvalue weighted by molar-refractivity contribution is -0.155. The van der Waals surface area contributed by atoms with Gasteiger partial charge in [0, 0.05) is 0 Å². The maximum absolute atomic E-state index is 11.3. The third-order valence-corrected chi connectivity index (χ3v) is 2.50. The smallest absolute Gasteiger partial charge is 0.311 e. The van der Waals surface area contributed by atoms with Gasteiger partial charge >= 0.3 is 5.97 Å². The van der Waals surface area contributed by atoms with Crippen LogP contribution in [0.3, 0.4) is 0 Å². The van der Waals surface area contributed by atoms with Gasteiger partial charge in [-0.2, -0.15) is 0 Å². The van der Waals surface area contributed by atoms with Gasteiger partial charge in [-0.05, 0) is 33.1 Å². The normalized spacial score (nSPS) is 35.1. The number of aliphatic hydroxyl groups is 1. The summed E-state index contributed by atoms with van der Waals surface area (Å²) >= 11 is 0. The molecular weight excluding hydrogens is 156 g/mol. The van der Waals surface area contributed by atoms with Gasteiger partial charge in [0.25, 0.3) is 0 Å². The first-order valence-electron chi connectivity index (χ1n) is 4.47. The summed E-state index contributed by atoms with van der Waals surface area (Å²) in [4.78, 5) is 11.3. The van der Waals surface area contributed by atoms with Crippen molar-refractivity contribution >= 4 is 5.97 Å². The van der Waals surface area contributed by atoms with Crippen LogP contribution in [0.4, 0.5) is 0 Å². The van der Waals surface area contributed by atoms with E-state index in [0.717, 1.165) is 12.8 Å². The summed E-state index contributed by atoms with van der Waals surface area (Å²) in [7, 11) is 0. The summed E-state index contributed by atoms with van der Waals surface area (Å²) in [6.45, 7) is 3.88. The van der Waals surface area contributed by atoms with Crippen LogP contribution in [-0.4, -0.2) is 23.3 Å². The molecule has 0 aliphatic heterocycles. The summed E-state index contributed by atoms with van der Waals surface area (Å²) in [5, 5.41) is 9.75. The molecule has 12 heavy (non-hydrogen) atoms. The fraction of sp³-hybridized carbons (Fsp3) is 0.889. The number of hydrogen-bond donors (Lipinski definition) is 1. The highest BCUT2D eigenvalue weighted by Crippen LogP contribution is 2.35. The van der Waals surface area contributed by atoms with Crippen LogP contribution in [0.5, 0.6) is 0 Å². The minimum Gasteiger partial charge on any atom is -0.466 e. The van der Waals surface area contributed by atoms with E-state index < -0.39 is 5.60 Å². The molecule has 0 radical (unpaired) electrons. The number of carbonyl (C=O) groups excluding carboxylic acids is 1. The van der Waals surface area contributed by atoms with Crippen LogP contribution >= 0.6 is 0 Å². The monoisotopic (exact) mass is 172 g/mol. The molecule has 1 N–H and O–H groups in total. The number of carbonyl (C=O) groups is 1. The highest BCUT2D eigenvalue weighted by atomic mass is 16.5. The Labute approximate surface area is 72.7 Å². The van der Waals surface area contributed by atoms with Crippen LogP contribution in [0, 0.1) is 5.92 Å². The van der Waals surface area contributed by atoms with Crippen LogP contribution in [0.15, 0.2) is 0 Å². The second-order valence-electron chi connectivity index (χ2n) is 3.55. The lowest BCUT2D eigenvalue weighted by Gasteiger charge is -2.23. The van der Waals surface area contributed by atoms with Gasteiger partial charge in [0.05, 0.1) is 18.1 Å². The zero-order valence-corrected chi connectivity index (χ0v) is 7.67. The van der Waals surface area contributed by atoms with Crippen molar-refractivity contribution in [2.75, 3.05) is 6.61 Å². The topological polar surface area (TPSA) is 46.5 Å². The molecule has 0 saturated heterocycles. The van der Waals surface area contributed by atoms with E-state index in [1.165, 1.54) is 0 Å². The number of hydrogen-bond acceptors (Lipinski definition) is 3. The van der Waals surface area contributed by atoms with Gasteiger partial charge in [-0.15, -0.1) is 0 Å². The van der Waals surface area contributed by atoms with Crippen molar-refractivity contribution in [2.24, 2.45) is 5.92 Å². The lowest BCUT2D eigenvalue weighted by atomic mass is 9.93. The molecule has 3 heteroatoms. The van der Waals surface area contributed by atoms with Crippen molar-refractivity contribution in [1.82, 2.24) is 0 Å². The molecule has 0 aromatic carbocycles. The minimum atomic E-state index is -0.841. The third kappa shape index (κ3) is 1.78. The fourth-order valence-electron chi connectivity index (χ4n) is 1.76. The molecule has 0 bridgehead atoms. The molecular formula is C9H16O3. The molecule has 1 rings (SSSR count). The van der Waals surface area contributed by atoms with Gasteiger partial charge in [-0.3, -0.25) is 4.79 Å². The van der Waals surface area contributed by atoms with E-state index in [4.69, 9.17) is 4.74 Å². The second-order valence-corrected chi connectivity index (χ2v) is 3.55. The highest BCUT2D eigenvalue weighted by molar-refractivity contribution is 5.74. The molecule has 1 aliphatic carbocycles. The molecule has 0 unspecified atom stereocenters. The van der Waals surface area contributed by atoms with Gasteiger partial charge in [-0.25, -0.2) is 0 Å². The first kappa shape index (κ1) is 9.52. The maximum atomic E-state index is 11.3. The average molecular weight is 172 g/mol. The van der Waals surface area contributed by atoms with Crippen molar-refractivity contribution < 1.29 is 14.6 Å². The van der Waals surface area contributed by atoms with Crippen molar-refractivity contribution in [3.05, 3.63) is 0 Å². The molecule has 0 aromatic heterocycles. The molecule has 1 fully saturated rings. The molecule has 0 aromatic rings. The van der Waals surface area contributed by atoms with Crippen LogP contribution in [0.1, 0.15) is 33.1 Å². The first-order chi connectivity index (χ1) is 5.58. The molecule has 70 valence electrons. The zero-order valence-electron chi connectivity index (χ0n) is 7.67. The summed E-state index contributed by atoms with van der Waals surface area (Å²) < 4.78 is 4.86. The molecule has 2 atom stereocenters. The van der Waals surface area contributed by atoms with Crippen LogP contribution < -0.4 is 0 Å². The van der Waals surface area contributed by atoms with Crippen molar-refractivity contribution in [1.29, 1.82) is 0 Å². The number of rotatable bonds is 2. The van der Waals surface area contributed by atoms with E-state index in [0.29, 0.717) is 13.0 Å². The van der Waals surface area contributed by atoms with Gasteiger partial charge < -0.3 is 9.84 Å². The minimum absolute atomic E-state index is 0.250. The SMILES string of the molecule is CCOC(=O)[C@H]1CCC[C@@]1(C)O. The van der Waals surface area contributed by atoms with Gasteiger partial charge in [0.15, 0.2) is 0 Å². The Kier molecular flexibility index (Phi) is 2.73. The van der Waals surface area contributed by atoms with Crippen LogP contribution in [-0.2, 0) is 9.53 Å². The third-order valence-electron chi connectivity index (χ3n) is 2.50. The van der Waals surface area contributed by atoms with E-state index in [1.807, 2.05) is 0 Å². The standard InChI is InChI=1S/C9H16O3/c1-3-12-8(10)7-5-4-6-9(7,2)11/h7,11H,3-6H2,1-2H3/t7-,9-/m1/s1. The largest absolute Gasteiger partial charge is 0.466 e.